The number of nitro benzene ring substituents is 1. The van der Waals surface area contributed by atoms with Gasteiger partial charge < -0.3 is 10.2 Å². The van der Waals surface area contributed by atoms with E-state index in [9.17, 15) is 19.7 Å². The van der Waals surface area contributed by atoms with E-state index in [1.165, 1.54) is 12.1 Å². The monoisotopic (exact) mass is 345 g/mol. The Morgan fingerprint density at radius 3 is 2.48 bits per heavy atom. The molecule has 0 bridgehead atoms. The first-order valence-electron chi connectivity index (χ1n) is 8.57. The summed E-state index contributed by atoms with van der Waals surface area (Å²) in [4.78, 5) is 37.5. The minimum Gasteiger partial charge on any atom is -0.349 e. The Kier molecular flexibility index (Phi) is 4.26. The molecule has 1 aromatic rings. The predicted octanol–water partition coefficient (Wildman–Crippen LogP) is 2.56. The standard InChI is InChI=1S/C18H23N3O4/c1-18(2,3)19-16(22)15(11-7-9-12(10-8-11)21(24)25)20-14-6-4-5-13(14)17(20)23/h7-10,13-15H,4-6H2,1-3H3,(H,19,22)/t13-,14+,15?/m1/s1. The molecule has 1 N–H and O–H groups in total. The molecule has 3 atom stereocenters. The fourth-order valence-corrected chi connectivity index (χ4v) is 3.81. The number of amides is 2. The Balaban J connectivity index is 1.93. The fourth-order valence-electron chi connectivity index (χ4n) is 3.81. The third-order valence-electron chi connectivity index (χ3n) is 4.85. The highest BCUT2D eigenvalue weighted by Gasteiger charge is 2.54. The van der Waals surface area contributed by atoms with Crippen LogP contribution in [0.3, 0.4) is 0 Å². The van der Waals surface area contributed by atoms with E-state index in [0.717, 1.165) is 19.3 Å². The number of hydrogen-bond donors (Lipinski definition) is 1. The molecule has 134 valence electrons. The van der Waals surface area contributed by atoms with Crippen molar-refractivity contribution < 1.29 is 14.5 Å². The van der Waals surface area contributed by atoms with Gasteiger partial charge in [-0.25, -0.2) is 0 Å². The lowest BCUT2D eigenvalue weighted by atomic mass is 9.86. The number of carbonyl (C=O) groups excluding carboxylic acids is 2. The first-order valence-corrected chi connectivity index (χ1v) is 8.57. The minimum absolute atomic E-state index is 0.00918. The third kappa shape index (κ3) is 3.23. The molecule has 7 heteroatoms. The molecule has 2 fully saturated rings. The van der Waals surface area contributed by atoms with Gasteiger partial charge >= 0.3 is 0 Å². The maximum absolute atomic E-state index is 12.9. The molecule has 0 spiro atoms. The molecule has 7 nitrogen and oxygen atoms in total. The first-order chi connectivity index (χ1) is 11.7. The fraction of sp³-hybridized carbons (Fsp3) is 0.556. The van der Waals surface area contributed by atoms with Crippen molar-refractivity contribution >= 4 is 17.5 Å². The second-order valence-corrected chi connectivity index (χ2v) is 7.84. The van der Waals surface area contributed by atoms with E-state index in [4.69, 9.17) is 0 Å². The Hall–Kier alpha value is -2.44. The lowest BCUT2D eigenvalue weighted by molar-refractivity contribution is -0.384. The summed E-state index contributed by atoms with van der Waals surface area (Å²) in [5.74, 6) is -0.210. The van der Waals surface area contributed by atoms with E-state index < -0.39 is 16.5 Å². The molecule has 0 aromatic heterocycles. The maximum atomic E-state index is 12.9. The van der Waals surface area contributed by atoms with Crippen LogP contribution in [0.5, 0.6) is 0 Å². The summed E-state index contributed by atoms with van der Waals surface area (Å²) in [6.45, 7) is 5.65. The van der Waals surface area contributed by atoms with E-state index >= 15 is 0 Å². The molecule has 1 saturated carbocycles. The summed E-state index contributed by atoms with van der Waals surface area (Å²) in [6, 6.07) is 5.25. The van der Waals surface area contributed by atoms with Gasteiger partial charge in [-0.15, -0.1) is 0 Å². The molecule has 1 saturated heterocycles. The van der Waals surface area contributed by atoms with E-state index in [0.29, 0.717) is 5.56 Å². The number of hydrogen-bond acceptors (Lipinski definition) is 4. The van der Waals surface area contributed by atoms with Crippen LogP contribution in [-0.4, -0.2) is 33.2 Å². The van der Waals surface area contributed by atoms with Crippen molar-refractivity contribution in [2.75, 3.05) is 0 Å². The number of nitrogens with one attached hydrogen (secondary N) is 1. The summed E-state index contributed by atoms with van der Waals surface area (Å²) < 4.78 is 0. The summed E-state index contributed by atoms with van der Waals surface area (Å²) >= 11 is 0. The van der Waals surface area contributed by atoms with Gasteiger partial charge in [0.25, 0.3) is 5.69 Å². The van der Waals surface area contributed by atoms with Crippen LogP contribution in [0.25, 0.3) is 0 Å². The Labute approximate surface area is 146 Å². The van der Waals surface area contributed by atoms with Gasteiger partial charge in [-0.3, -0.25) is 19.7 Å². The zero-order valence-electron chi connectivity index (χ0n) is 14.7. The van der Waals surface area contributed by atoms with E-state index in [1.54, 1.807) is 17.0 Å². The SMILES string of the molecule is CC(C)(C)NC(=O)C(c1ccc([N+](=O)[O-])cc1)N1C(=O)[C@@H]2CCC[C@@H]21. The second kappa shape index (κ2) is 6.13. The summed E-state index contributed by atoms with van der Waals surface area (Å²) in [7, 11) is 0. The number of benzene rings is 1. The van der Waals surface area contributed by atoms with E-state index in [1.807, 2.05) is 20.8 Å². The van der Waals surface area contributed by atoms with Crippen LogP contribution in [0.2, 0.25) is 0 Å². The second-order valence-electron chi connectivity index (χ2n) is 7.84. The van der Waals surface area contributed by atoms with Crippen LogP contribution in [0.1, 0.15) is 51.6 Å². The Morgan fingerprint density at radius 2 is 1.92 bits per heavy atom. The van der Waals surface area contributed by atoms with Crippen molar-refractivity contribution in [1.82, 2.24) is 10.2 Å². The Bertz CT molecular complexity index is 708. The molecule has 3 rings (SSSR count). The van der Waals surface area contributed by atoms with Crippen molar-refractivity contribution in [2.45, 2.75) is 57.7 Å². The van der Waals surface area contributed by atoms with Gasteiger partial charge in [0.05, 0.1) is 10.8 Å². The highest BCUT2D eigenvalue weighted by atomic mass is 16.6. The summed E-state index contributed by atoms with van der Waals surface area (Å²) in [5, 5.41) is 13.8. The molecule has 1 unspecified atom stereocenters. The third-order valence-corrected chi connectivity index (χ3v) is 4.85. The van der Waals surface area contributed by atoms with Crippen LogP contribution in [0.4, 0.5) is 5.69 Å². The lowest BCUT2D eigenvalue weighted by Gasteiger charge is -2.48. The number of β-lactam (4-membered cyclic amide) rings is 1. The molecule has 1 aliphatic carbocycles. The largest absolute Gasteiger partial charge is 0.349 e. The lowest BCUT2D eigenvalue weighted by Crippen LogP contribution is -2.62. The highest BCUT2D eigenvalue weighted by Crippen LogP contribution is 2.45. The van der Waals surface area contributed by atoms with Gasteiger partial charge in [-0.05, 0) is 51.3 Å². The van der Waals surface area contributed by atoms with Crippen molar-refractivity contribution in [3.8, 4) is 0 Å². The minimum atomic E-state index is -0.744. The van der Waals surface area contributed by atoms with Crippen LogP contribution in [0.15, 0.2) is 24.3 Å². The quantitative estimate of drug-likeness (QED) is 0.516. The number of rotatable bonds is 4. The molecule has 1 aliphatic heterocycles. The topological polar surface area (TPSA) is 92.5 Å². The van der Waals surface area contributed by atoms with E-state index in [-0.39, 0.29) is 29.5 Å². The molecule has 1 aromatic carbocycles. The number of likely N-dealkylation sites (tertiary alicyclic amines) is 1. The maximum Gasteiger partial charge on any atom is 0.269 e. The highest BCUT2D eigenvalue weighted by molar-refractivity contribution is 5.94. The zero-order valence-corrected chi connectivity index (χ0v) is 14.7. The van der Waals surface area contributed by atoms with Crippen LogP contribution in [0, 0.1) is 16.0 Å². The van der Waals surface area contributed by atoms with Gasteiger partial charge in [0.1, 0.15) is 6.04 Å². The number of fused-ring (bicyclic) bond motifs is 1. The average molecular weight is 345 g/mol. The molecule has 1 heterocycles. The van der Waals surface area contributed by atoms with Crippen LogP contribution >= 0.6 is 0 Å². The van der Waals surface area contributed by atoms with E-state index in [2.05, 4.69) is 5.32 Å². The number of nitro groups is 1. The molecule has 25 heavy (non-hydrogen) atoms. The molecule has 2 aliphatic rings. The number of nitrogens with zero attached hydrogens (tertiary/aromatic N) is 2. The smallest absolute Gasteiger partial charge is 0.269 e. The number of carbonyl (C=O) groups is 2. The van der Waals surface area contributed by atoms with Gasteiger partial charge in [-0.1, -0.05) is 6.42 Å². The molecule has 0 radical (unpaired) electrons. The van der Waals surface area contributed by atoms with Gasteiger partial charge in [0, 0.05) is 23.7 Å². The summed E-state index contributed by atoms with van der Waals surface area (Å²) in [5.41, 5.74) is 0.137. The van der Waals surface area contributed by atoms with Crippen molar-refractivity contribution in [2.24, 2.45) is 5.92 Å². The van der Waals surface area contributed by atoms with Gasteiger partial charge in [0.2, 0.25) is 11.8 Å². The van der Waals surface area contributed by atoms with Crippen molar-refractivity contribution in [3.05, 3.63) is 39.9 Å². The molecular formula is C18H23N3O4. The van der Waals surface area contributed by atoms with Gasteiger partial charge in [-0.2, -0.15) is 0 Å². The molecular weight excluding hydrogens is 322 g/mol. The first kappa shape index (κ1) is 17.4. The van der Waals surface area contributed by atoms with Crippen LogP contribution in [-0.2, 0) is 9.59 Å². The van der Waals surface area contributed by atoms with Gasteiger partial charge in [0.15, 0.2) is 0 Å². The normalized spacial score (nSPS) is 23.6. The predicted molar refractivity (Wildman–Crippen MR) is 91.7 cm³/mol. The zero-order chi connectivity index (χ0) is 18.4. The van der Waals surface area contributed by atoms with Crippen LogP contribution < -0.4 is 5.32 Å². The number of non-ortho nitro benzene ring substituents is 1. The van der Waals surface area contributed by atoms with Crippen molar-refractivity contribution in [3.63, 3.8) is 0 Å². The molecule has 2 amide bonds. The Morgan fingerprint density at radius 1 is 1.28 bits per heavy atom. The average Bonchev–Trinajstić information content (AvgIpc) is 2.95. The van der Waals surface area contributed by atoms with Crippen molar-refractivity contribution in [1.29, 1.82) is 0 Å². The summed E-state index contributed by atoms with van der Waals surface area (Å²) in [6.07, 6.45) is 2.78.